The van der Waals surface area contributed by atoms with Crippen LogP contribution in [0.25, 0.3) is 0 Å². The molecule has 1 aromatic carbocycles. The van der Waals surface area contributed by atoms with Crippen LogP contribution in [0.2, 0.25) is 0 Å². The molecular formula is C20H24N2O3S2. The summed E-state index contributed by atoms with van der Waals surface area (Å²) in [6, 6.07) is 11.1. The van der Waals surface area contributed by atoms with Crippen molar-refractivity contribution >= 4 is 27.3 Å². The minimum absolute atomic E-state index is 0.0509. The Morgan fingerprint density at radius 3 is 2.74 bits per heavy atom. The van der Waals surface area contributed by atoms with Crippen molar-refractivity contribution in [1.82, 2.24) is 9.62 Å². The van der Waals surface area contributed by atoms with E-state index in [1.54, 1.807) is 27.8 Å². The monoisotopic (exact) mass is 404 g/mol. The van der Waals surface area contributed by atoms with Gasteiger partial charge in [0.25, 0.3) is 0 Å². The molecule has 1 aliphatic carbocycles. The van der Waals surface area contributed by atoms with E-state index >= 15 is 0 Å². The van der Waals surface area contributed by atoms with Gasteiger partial charge in [-0.1, -0.05) is 25.1 Å². The van der Waals surface area contributed by atoms with Crippen molar-refractivity contribution < 1.29 is 13.2 Å². The molecule has 1 saturated heterocycles. The molecule has 1 amide bonds. The van der Waals surface area contributed by atoms with E-state index in [9.17, 15) is 13.2 Å². The molecule has 4 rings (SSSR count). The van der Waals surface area contributed by atoms with E-state index in [0.717, 1.165) is 29.7 Å². The number of benzene rings is 1. The predicted molar refractivity (Wildman–Crippen MR) is 106 cm³/mol. The van der Waals surface area contributed by atoms with Crippen LogP contribution in [0.4, 0.5) is 0 Å². The number of thiophene rings is 1. The fraction of sp³-hybridized carbons (Fsp3) is 0.450. The van der Waals surface area contributed by atoms with Crippen LogP contribution in [0, 0.1) is 11.3 Å². The zero-order valence-corrected chi connectivity index (χ0v) is 17.0. The lowest BCUT2D eigenvalue weighted by molar-refractivity contribution is -0.123. The van der Waals surface area contributed by atoms with Crippen molar-refractivity contribution in [3.63, 3.8) is 0 Å². The summed E-state index contributed by atoms with van der Waals surface area (Å²) >= 11 is 1.62. The summed E-state index contributed by atoms with van der Waals surface area (Å²) in [6.45, 7) is 3.54. The normalized spacial score (nSPS) is 25.0. The summed E-state index contributed by atoms with van der Waals surface area (Å²) in [5.41, 5.74) is 0.951. The van der Waals surface area contributed by atoms with Crippen LogP contribution in [0.3, 0.4) is 0 Å². The molecule has 1 aliphatic heterocycles. The van der Waals surface area contributed by atoms with Gasteiger partial charge < -0.3 is 5.32 Å². The Kier molecular flexibility index (Phi) is 4.86. The molecule has 0 radical (unpaired) electrons. The van der Waals surface area contributed by atoms with E-state index in [0.29, 0.717) is 24.5 Å². The number of carbonyl (C=O) groups is 1. The van der Waals surface area contributed by atoms with Crippen molar-refractivity contribution in [2.45, 2.75) is 37.6 Å². The van der Waals surface area contributed by atoms with E-state index in [1.165, 1.54) is 0 Å². The third-order valence-electron chi connectivity index (χ3n) is 5.84. The molecule has 2 atom stereocenters. The molecule has 0 bridgehead atoms. The molecule has 1 spiro atoms. The quantitative estimate of drug-likeness (QED) is 0.805. The highest BCUT2D eigenvalue weighted by Crippen LogP contribution is 2.59. The van der Waals surface area contributed by atoms with E-state index in [-0.39, 0.29) is 17.2 Å². The molecule has 5 nitrogen and oxygen atoms in total. The highest BCUT2D eigenvalue weighted by molar-refractivity contribution is 7.89. The molecule has 1 N–H and O–H groups in total. The van der Waals surface area contributed by atoms with Gasteiger partial charge in [-0.25, -0.2) is 8.42 Å². The van der Waals surface area contributed by atoms with Gasteiger partial charge in [-0.05, 0) is 53.8 Å². The lowest BCUT2D eigenvalue weighted by Crippen LogP contribution is -2.31. The van der Waals surface area contributed by atoms with Crippen LogP contribution in [-0.2, 0) is 27.8 Å². The number of nitrogens with zero attached hydrogens (tertiary/aromatic N) is 1. The van der Waals surface area contributed by atoms with Gasteiger partial charge in [0.15, 0.2) is 0 Å². The first kappa shape index (κ1) is 18.7. The summed E-state index contributed by atoms with van der Waals surface area (Å²) in [4.78, 5) is 14.0. The van der Waals surface area contributed by atoms with Crippen LogP contribution in [0.5, 0.6) is 0 Å². The second-order valence-corrected chi connectivity index (χ2v) is 10.5. The van der Waals surface area contributed by atoms with Gasteiger partial charge in [-0.15, -0.1) is 11.3 Å². The van der Waals surface area contributed by atoms with Crippen molar-refractivity contribution in [3.05, 3.63) is 52.2 Å². The predicted octanol–water partition coefficient (Wildman–Crippen LogP) is 3.03. The number of aryl methyl sites for hydroxylation is 1. The Morgan fingerprint density at radius 1 is 1.30 bits per heavy atom. The van der Waals surface area contributed by atoms with Crippen LogP contribution in [-0.4, -0.2) is 31.7 Å². The Balaban J connectivity index is 1.39. The molecule has 2 aromatic rings. The van der Waals surface area contributed by atoms with Crippen LogP contribution >= 0.6 is 11.3 Å². The number of amides is 1. The maximum Gasteiger partial charge on any atom is 0.243 e. The Hall–Kier alpha value is -1.70. The highest BCUT2D eigenvalue weighted by Gasteiger charge is 2.62. The summed E-state index contributed by atoms with van der Waals surface area (Å²) < 4.78 is 27.4. The maximum absolute atomic E-state index is 12.9. The van der Waals surface area contributed by atoms with Crippen LogP contribution in [0.1, 0.15) is 30.2 Å². The maximum atomic E-state index is 12.9. The Labute approximate surface area is 164 Å². The number of carbonyl (C=O) groups excluding carboxylic acids is 1. The lowest BCUT2D eigenvalue weighted by Gasteiger charge is -2.17. The number of nitrogens with one attached hydrogen (secondary N) is 1. The van der Waals surface area contributed by atoms with Crippen LogP contribution in [0.15, 0.2) is 46.7 Å². The Morgan fingerprint density at radius 2 is 2.07 bits per heavy atom. The molecule has 144 valence electrons. The average Bonchev–Trinajstić information content (AvgIpc) is 3.03. The van der Waals surface area contributed by atoms with Gasteiger partial charge in [-0.3, -0.25) is 4.79 Å². The van der Waals surface area contributed by atoms with E-state index in [1.807, 2.05) is 36.6 Å². The topological polar surface area (TPSA) is 66.5 Å². The largest absolute Gasteiger partial charge is 0.351 e. The number of sulfonamides is 1. The van der Waals surface area contributed by atoms with Gasteiger partial charge in [0.05, 0.1) is 11.4 Å². The molecule has 27 heavy (non-hydrogen) atoms. The summed E-state index contributed by atoms with van der Waals surface area (Å²) in [7, 11) is -3.49. The van der Waals surface area contributed by atoms with E-state index in [4.69, 9.17) is 0 Å². The van der Waals surface area contributed by atoms with Gasteiger partial charge >= 0.3 is 0 Å². The van der Waals surface area contributed by atoms with Crippen molar-refractivity contribution in [1.29, 1.82) is 0 Å². The zero-order chi connectivity index (χ0) is 19.1. The number of hydrogen-bond acceptors (Lipinski definition) is 4. The van der Waals surface area contributed by atoms with Gasteiger partial charge in [0.1, 0.15) is 0 Å². The highest BCUT2D eigenvalue weighted by atomic mass is 32.2. The molecule has 2 heterocycles. The summed E-state index contributed by atoms with van der Waals surface area (Å²) in [5.74, 6) is -0.0184. The fourth-order valence-corrected chi connectivity index (χ4v) is 6.17. The van der Waals surface area contributed by atoms with Crippen LogP contribution < -0.4 is 5.32 Å². The Bertz CT molecular complexity index is 923. The molecule has 2 fully saturated rings. The molecule has 2 unspecified atom stereocenters. The zero-order valence-electron chi connectivity index (χ0n) is 15.3. The second kappa shape index (κ2) is 7.04. The van der Waals surface area contributed by atoms with E-state index in [2.05, 4.69) is 5.32 Å². The minimum atomic E-state index is -3.49. The summed E-state index contributed by atoms with van der Waals surface area (Å²) in [6.07, 6.45) is 2.43. The van der Waals surface area contributed by atoms with Crippen molar-refractivity contribution in [3.8, 4) is 0 Å². The lowest BCUT2D eigenvalue weighted by atomic mass is 10.0. The van der Waals surface area contributed by atoms with Crippen molar-refractivity contribution in [2.24, 2.45) is 11.3 Å². The SMILES string of the molecule is CCc1ccc(S(=O)(=O)N2CCC3(CC3C(=O)NCc3cccs3)C2)cc1. The first-order valence-corrected chi connectivity index (χ1v) is 11.7. The van der Waals surface area contributed by atoms with Crippen molar-refractivity contribution in [2.75, 3.05) is 13.1 Å². The standard InChI is InChI=1S/C20H24N2O3S2/c1-2-15-5-7-17(8-6-15)27(24,25)22-10-9-20(14-22)12-18(20)19(23)21-13-16-4-3-11-26-16/h3-8,11,18H,2,9-10,12-14H2,1H3,(H,21,23). The third-order valence-corrected chi connectivity index (χ3v) is 8.58. The molecule has 2 aliphatic rings. The fourth-order valence-electron chi connectivity index (χ4n) is 3.99. The number of rotatable bonds is 6. The second-order valence-electron chi connectivity index (χ2n) is 7.50. The van der Waals surface area contributed by atoms with E-state index < -0.39 is 10.0 Å². The molecule has 1 saturated carbocycles. The molecular weight excluding hydrogens is 380 g/mol. The minimum Gasteiger partial charge on any atom is -0.351 e. The van der Waals surface area contributed by atoms with Gasteiger partial charge in [0, 0.05) is 23.9 Å². The summed E-state index contributed by atoms with van der Waals surface area (Å²) in [5, 5.41) is 4.99. The first-order valence-electron chi connectivity index (χ1n) is 9.34. The first-order chi connectivity index (χ1) is 12.9. The number of hydrogen-bond donors (Lipinski definition) is 1. The molecule has 7 heteroatoms. The molecule has 1 aromatic heterocycles. The smallest absolute Gasteiger partial charge is 0.243 e. The third kappa shape index (κ3) is 3.56. The van der Waals surface area contributed by atoms with Gasteiger partial charge in [-0.2, -0.15) is 4.31 Å². The van der Waals surface area contributed by atoms with Gasteiger partial charge in [0.2, 0.25) is 15.9 Å². The average molecular weight is 405 g/mol.